The lowest BCUT2D eigenvalue weighted by Gasteiger charge is -2.22. The van der Waals surface area contributed by atoms with Gasteiger partial charge in [-0.1, -0.05) is 129 Å². The van der Waals surface area contributed by atoms with Gasteiger partial charge < -0.3 is 4.42 Å². The fourth-order valence-corrected chi connectivity index (χ4v) is 9.44. The maximum absolute atomic E-state index is 6.54. The molecule has 0 saturated carbocycles. The van der Waals surface area contributed by atoms with Gasteiger partial charge in [0.15, 0.2) is 17.5 Å². The molecule has 3 heterocycles. The number of nitrogens with zero attached hydrogens (tertiary/aromatic N) is 3. The highest BCUT2D eigenvalue weighted by Crippen LogP contribution is 2.53. The second kappa shape index (κ2) is 11.3. The molecule has 11 rings (SSSR count). The van der Waals surface area contributed by atoms with Crippen LogP contribution in [0, 0.1) is 0 Å². The van der Waals surface area contributed by atoms with Crippen LogP contribution in [0.25, 0.3) is 98.5 Å². The Morgan fingerprint density at radius 1 is 0.453 bits per heavy atom. The second-order valence-corrected chi connectivity index (χ2v) is 15.5. The Morgan fingerprint density at radius 3 is 1.91 bits per heavy atom. The van der Waals surface area contributed by atoms with Crippen molar-refractivity contribution in [3.05, 3.63) is 163 Å². The Balaban J connectivity index is 1.02. The van der Waals surface area contributed by atoms with Crippen LogP contribution in [0.3, 0.4) is 0 Å². The highest BCUT2D eigenvalue weighted by Gasteiger charge is 2.38. The van der Waals surface area contributed by atoms with E-state index in [1.54, 1.807) is 11.3 Å². The highest BCUT2D eigenvalue weighted by molar-refractivity contribution is 7.25. The number of fused-ring (bicyclic) bond motifs is 10. The highest BCUT2D eigenvalue weighted by atomic mass is 32.1. The van der Waals surface area contributed by atoms with Gasteiger partial charge in [0, 0.05) is 58.6 Å². The van der Waals surface area contributed by atoms with Crippen LogP contribution in [0.15, 0.2) is 156 Å². The first-order chi connectivity index (χ1) is 26.0. The van der Waals surface area contributed by atoms with E-state index in [2.05, 4.69) is 141 Å². The topological polar surface area (TPSA) is 51.8 Å². The van der Waals surface area contributed by atoms with E-state index in [9.17, 15) is 0 Å². The SMILES string of the molecule is CC1(C)c2cc(-c3cccc(-c4nc(-c5ccccc5)nc(-c5ccc6c(c5)sc5ccccc56)n4)c3)ccc2-c2ccc3c(oc4ccccc43)c21. The van der Waals surface area contributed by atoms with E-state index in [0.29, 0.717) is 17.5 Å². The number of hydrogen-bond donors (Lipinski definition) is 0. The molecule has 7 aromatic carbocycles. The number of hydrogen-bond acceptors (Lipinski definition) is 5. The monoisotopic (exact) mass is 697 g/mol. The van der Waals surface area contributed by atoms with Gasteiger partial charge in [-0.25, -0.2) is 15.0 Å². The van der Waals surface area contributed by atoms with Crippen LogP contribution < -0.4 is 0 Å². The van der Waals surface area contributed by atoms with Crippen LogP contribution in [-0.2, 0) is 5.41 Å². The number of benzene rings is 7. The van der Waals surface area contributed by atoms with Crippen LogP contribution >= 0.6 is 11.3 Å². The summed E-state index contributed by atoms with van der Waals surface area (Å²) < 4.78 is 9.04. The minimum atomic E-state index is -0.241. The third-order valence-electron chi connectivity index (χ3n) is 10.9. The molecule has 0 radical (unpaired) electrons. The first-order valence-corrected chi connectivity index (χ1v) is 18.7. The standard InChI is InChI=1S/C48H31N3OS/c1-48(2)39-26-30(19-21-33(39)37-23-24-38-34-15-6-8-17-40(34)52-44(38)43(37)48)29-13-10-14-31(25-29)46-49-45(28-11-4-3-5-12-28)50-47(51-46)32-20-22-36-35-16-7-9-18-41(35)53-42(36)27-32/h3-27H,1-2H3. The van der Waals surface area contributed by atoms with E-state index in [-0.39, 0.29) is 5.41 Å². The first-order valence-electron chi connectivity index (χ1n) is 17.9. The lowest BCUT2D eigenvalue weighted by molar-refractivity contribution is 0.620. The summed E-state index contributed by atoms with van der Waals surface area (Å²) >= 11 is 1.80. The summed E-state index contributed by atoms with van der Waals surface area (Å²) in [6.45, 7) is 4.64. The van der Waals surface area contributed by atoms with E-state index in [0.717, 1.165) is 44.4 Å². The molecule has 5 heteroatoms. The molecule has 250 valence electrons. The Bertz CT molecular complexity index is 3100. The smallest absolute Gasteiger partial charge is 0.164 e. The number of para-hydroxylation sites is 1. The molecule has 0 amide bonds. The molecular weight excluding hydrogens is 667 g/mol. The van der Waals surface area contributed by atoms with Crippen molar-refractivity contribution >= 4 is 53.4 Å². The van der Waals surface area contributed by atoms with Gasteiger partial charge in [0.05, 0.1) is 0 Å². The molecule has 0 saturated heterocycles. The molecule has 0 spiro atoms. The third kappa shape index (κ3) is 4.64. The fraction of sp³-hybridized carbons (Fsp3) is 0.0625. The average molecular weight is 698 g/mol. The van der Waals surface area contributed by atoms with Crippen molar-refractivity contribution in [3.63, 3.8) is 0 Å². The van der Waals surface area contributed by atoms with Crippen molar-refractivity contribution in [3.8, 4) is 56.4 Å². The summed E-state index contributed by atoms with van der Waals surface area (Å²) in [6, 6.07) is 53.5. The molecular formula is C48H31N3OS. The summed E-state index contributed by atoms with van der Waals surface area (Å²) in [5.41, 5.74) is 11.9. The van der Waals surface area contributed by atoms with Crippen molar-refractivity contribution in [2.75, 3.05) is 0 Å². The maximum atomic E-state index is 6.54. The molecule has 53 heavy (non-hydrogen) atoms. The van der Waals surface area contributed by atoms with Gasteiger partial charge >= 0.3 is 0 Å². The van der Waals surface area contributed by atoms with Crippen molar-refractivity contribution in [2.45, 2.75) is 19.3 Å². The lowest BCUT2D eigenvalue weighted by Crippen LogP contribution is -2.15. The number of thiophene rings is 1. The van der Waals surface area contributed by atoms with Gasteiger partial charge in [0.25, 0.3) is 0 Å². The summed E-state index contributed by atoms with van der Waals surface area (Å²) in [5, 5.41) is 4.86. The van der Waals surface area contributed by atoms with E-state index in [1.807, 2.05) is 24.3 Å². The van der Waals surface area contributed by atoms with Crippen LogP contribution in [0.2, 0.25) is 0 Å². The normalized spacial score (nSPS) is 13.2. The minimum absolute atomic E-state index is 0.241. The zero-order valence-corrected chi connectivity index (χ0v) is 29.9. The number of furan rings is 1. The van der Waals surface area contributed by atoms with Crippen LogP contribution in [-0.4, -0.2) is 15.0 Å². The lowest BCUT2D eigenvalue weighted by atomic mass is 9.81. The molecule has 0 bridgehead atoms. The van der Waals surface area contributed by atoms with E-state index >= 15 is 0 Å². The molecule has 1 aliphatic rings. The second-order valence-electron chi connectivity index (χ2n) is 14.4. The zero-order valence-electron chi connectivity index (χ0n) is 29.1. The largest absolute Gasteiger partial charge is 0.456 e. The van der Waals surface area contributed by atoms with Crippen molar-refractivity contribution in [2.24, 2.45) is 0 Å². The molecule has 0 unspecified atom stereocenters. The summed E-state index contributed by atoms with van der Waals surface area (Å²) in [7, 11) is 0. The van der Waals surface area contributed by atoms with E-state index < -0.39 is 0 Å². The number of rotatable bonds is 4. The van der Waals surface area contributed by atoms with Crippen LogP contribution in [0.5, 0.6) is 0 Å². The predicted octanol–water partition coefficient (Wildman–Crippen LogP) is 13.1. The van der Waals surface area contributed by atoms with Gasteiger partial charge in [-0.15, -0.1) is 11.3 Å². The summed E-state index contributed by atoms with van der Waals surface area (Å²) in [5.74, 6) is 1.96. The van der Waals surface area contributed by atoms with Crippen molar-refractivity contribution in [1.82, 2.24) is 15.0 Å². The Labute approximate surface area is 310 Å². The van der Waals surface area contributed by atoms with Crippen LogP contribution in [0.1, 0.15) is 25.0 Å². The first kappa shape index (κ1) is 30.2. The van der Waals surface area contributed by atoms with Gasteiger partial charge in [-0.2, -0.15) is 0 Å². The Kier molecular flexibility index (Phi) is 6.43. The predicted molar refractivity (Wildman–Crippen MR) is 219 cm³/mol. The molecule has 4 nitrogen and oxygen atoms in total. The molecule has 0 aliphatic heterocycles. The fourth-order valence-electron chi connectivity index (χ4n) is 8.30. The molecule has 3 aromatic heterocycles. The maximum Gasteiger partial charge on any atom is 0.164 e. The quantitative estimate of drug-likeness (QED) is 0.184. The van der Waals surface area contributed by atoms with E-state index in [1.165, 1.54) is 47.8 Å². The van der Waals surface area contributed by atoms with Gasteiger partial charge in [0.1, 0.15) is 11.2 Å². The summed E-state index contributed by atoms with van der Waals surface area (Å²) in [4.78, 5) is 15.2. The Morgan fingerprint density at radius 2 is 1.06 bits per heavy atom. The molecule has 0 fully saturated rings. The summed E-state index contributed by atoms with van der Waals surface area (Å²) in [6.07, 6.45) is 0. The molecule has 0 N–H and O–H groups in total. The van der Waals surface area contributed by atoms with Crippen molar-refractivity contribution < 1.29 is 4.42 Å². The average Bonchev–Trinajstić information content (AvgIpc) is 3.85. The van der Waals surface area contributed by atoms with Gasteiger partial charge in [0.2, 0.25) is 0 Å². The third-order valence-corrected chi connectivity index (χ3v) is 12.0. The minimum Gasteiger partial charge on any atom is -0.456 e. The molecule has 10 aromatic rings. The Hall–Kier alpha value is -6.43. The van der Waals surface area contributed by atoms with Gasteiger partial charge in [-0.05, 0) is 64.2 Å². The molecule has 0 atom stereocenters. The van der Waals surface area contributed by atoms with Crippen molar-refractivity contribution in [1.29, 1.82) is 0 Å². The van der Waals surface area contributed by atoms with Crippen LogP contribution in [0.4, 0.5) is 0 Å². The zero-order chi connectivity index (χ0) is 35.3. The number of aromatic nitrogens is 3. The van der Waals surface area contributed by atoms with E-state index in [4.69, 9.17) is 19.4 Å². The molecule has 1 aliphatic carbocycles. The van der Waals surface area contributed by atoms with Gasteiger partial charge in [-0.3, -0.25) is 0 Å².